The van der Waals surface area contributed by atoms with Crippen LogP contribution in [0, 0.1) is 5.92 Å². The monoisotopic (exact) mass is 373 g/mol. The Bertz CT molecular complexity index is 636. The van der Waals surface area contributed by atoms with Gasteiger partial charge in [0, 0.05) is 33.4 Å². The van der Waals surface area contributed by atoms with Crippen molar-refractivity contribution in [2.45, 2.75) is 51.0 Å². The maximum Gasteiger partial charge on any atom is 0.227 e. The first-order valence-corrected chi connectivity index (χ1v) is 10.5. The van der Waals surface area contributed by atoms with Crippen LogP contribution in [-0.4, -0.2) is 68.6 Å². The largest absolute Gasteiger partial charge is 0.383 e. The summed E-state index contributed by atoms with van der Waals surface area (Å²) in [5.74, 6) is 0.343. The quantitative estimate of drug-likeness (QED) is 0.620. The number of likely N-dealkylation sites (N-methyl/N-ethyl adjacent to an activating group) is 1. The first kappa shape index (κ1) is 20.4. The SMILES string of the molecule is COCCN(C)Cc1cnc(S(=O)(=O)CC2CCCO2)n1CC(C)C. The van der Waals surface area contributed by atoms with Gasteiger partial charge < -0.3 is 14.0 Å². The Morgan fingerprint density at radius 3 is 2.84 bits per heavy atom. The molecular formula is C17H31N3O4S. The van der Waals surface area contributed by atoms with Crippen LogP contribution in [0.4, 0.5) is 0 Å². The number of aromatic nitrogens is 2. The Morgan fingerprint density at radius 1 is 1.48 bits per heavy atom. The molecule has 0 saturated carbocycles. The minimum Gasteiger partial charge on any atom is -0.383 e. The molecule has 144 valence electrons. The van der Waals surface area contributed by atoms with Crippen molar-refractivity contribution in [1.82, 2.24) is 14.5 Å². The molecule has 0 aromatic carbocycles. The summed E-state index contributed by atoms with van der Waals surface area (Å²) in [5.41, 5.74) is 0.915. The second-order valence-corrected chi connectivity index (χ2v) is 9.11. The van der Waals surface area contributed by atoms with Crippen molar-refractivity contribution in [1.29, 1.82) is 0 Å². The van der Waals surface area contributed by atoms with E-state index in [1.807, 2.05) is 11.6 Å². The molecule has 1 unspecified atom stereocenters. The zero-order chi connectivity index (χ0) is 18.4. The zero-order valence-electron chi connectivity index (χ0n) is 15.8. The fourth-order valence-electron chi connectivity index (χ4n) is 3.02. The molecule has 1 aliphatic rings. The van der Waals surface area contributed by atoms with Crippen LogP contribution in [0.2, 0.25) is 0 Å². The molecule has 1 atom stereocenters. The maximum absolute atomic E-state index is 12.9. The predicted molar refractivity (Wildman–Crippen MR) is 96.3 cm³/mol. The van der Waals surface area contributed by atoms with Crippen LogP contribution in [0.1, 0.15) is 32.4 Å². The summed E-state index contributed by atoms with van der Waals surface area (Å²) in [5, 5.41) is 0.173. The molecule has 1 fully saturated rings. The van der Waals surface area contributed by atoms with E-state index in [4.69, 9.17) is 9.47 Å². The Morgan fingerprint density at radius 2 is 2.24 bits per heavy atom. The van der Waals surface area contributed by atoms with Crippen molar-refractivity contribution in [2.24, 2.45) is 5.92 Å². The third-order valence-electron chi connectivity index (χ3n) is 4.27. The summed E-state index contributed by atoms with van der Waals surface area (Å²) in [6.45, 7) is 7.49. The van der Waals surface area contributed by atoms with Crippen molar-refractivity contribution in [3.63, 3.8) is 0 Å². The highest BCUT2D eigenvalue weighted by atomic mass is 32.2. The fourth-order valence-corrected chi connectivity index (χ4v) is 4.67. The number of imidazole rings is 1. The van der Waals surface area contributed by atoms with Crippen molar-refractivity contribution >= 4 is 9.84 Å². The molecule has 0 N–H and O–H groups in total. The third-order valence-corrected chi connectivity index (χ3v) is 5.96. The molecule has 7 nitrogen and oxygen atoms in total. The molecule has 1 aliphatic heterocycles. The van der Waals surface area contributed by atoms with E-state index < -0.39 is 9.84 Å². The van der Waals surface area contributed by atoms with Crippen LogP contribution >= 0.6 is 0 Å². The van der Waals surface area contributed by atoms with Gasteiger partial charge in [-0.05, 0) is 25.8 Å². The van der Waals surface area contributed by atoms with Gasteiger partial charge in [-0.15, -0.1) is 0 Å². The molecule has 8 heteroatoms. The van der Waals surface area contributed by atoms with E-state index in [-0.39, 0.29) is 17.0 Å². The molecule has 2 heterocycles. The highest BCUT2D eigenvalue weighted by Crippen LogP contribution is 2.21. The lowest BCUT2D eigenvalue weighted by Crippen LogP contribution is -2.27. The van der Waals surface area contributed by atoms with Gasteiger partial charge in [0.1, 0.15) is 0 Å². The van der Waals surface area contributed by atoms with E-state index in [1.165, 1.54) is 0 Å². The van der Waals surface area contributed by atoms with Crippen molar-refractivity contribution in [2.75, 3.05) is 39.7 Å². The van der Waals surface area contributed by atoms with Crippen LogP contribution in [0.3, 0.4) is 0 Å². The molecule has 25 heavy (non-hydrogen) atoms. The van der Waals surface area contributed by atoms with E-state index in [1.54, 1.807) is 13.3 Å². The first-order valence-electron chi connectivity index (χ1n) is 8.89. The first-order chi connectivity index (χ1) is 11.8. The highest BCUT2D eigenvalue weighted by Gasteiger charge is 2.29. The van der Waals surface area contributed by atoms with Crippen LogP contribution in [0.5, 0.6) is 0 Å². The highest BCUT2D eigenvalue weighted by molar-refractivity contribution is 7.91. The molecule has 0 bridgehead atoms. The lowest BCUT2D eigenvalue weighted by Gasteiger charge is -2.19. The van der Waals surface area contributed by atoms with Gasteiger partial charge in [-0.25, -0.2) is 13.4 Å². The number of sulfone groups is 1. The molecule has 1 aromatic heterocycles. The summed E-state index contributed by atoms with van der Waals surface area (Å²) < 4.78 is 38.2. The molecule has 0 radical (unpaired) electrons. The molecule has 0 spiro atoms. The lowest BCUT2D eigenvalue weighted by molar-refractivity contribution is 0.127. The van der Waals surface area contributed by atoms with Gasteiger partial charge in [-0.2, -0.15) is 0 Å². The zero-order valence-corrected chi connectivity index (χ0v) is 16.6. The lowest BCUT2D eigenvalue weighted by atomic mass is 10.2. The number of methoxy groups -OCH3 is 1. The average Bonchev–Trinajstić information content (AvgIpc) is 3.15. The summed E-state index contributed by atoms with van der Waals surface area (Å²) in [6.07, 6.45) is 3.21. The van der Waals surface area contributed by atoms with Gasteiger partial charge in [0.05, 0.1) is 30.4 Å². The Labute approximate surface area is 151 Å². The summed E-state index contributed by atoms with van der Waals surface area (Å²) in [4.78, 5) is 6.38. The van der Waals surface area contributed by atoms with Gasteiger partial charge >= 0.3 is 0 Å². The fraction of sp³-hybridized carbons (Fsp3) is 0.824. The summed E-state index contributed by atoms with van der Waals surface area (Å²) in [6, 6.07) is 0. The van der Waals surface area contributed by atoms with E-state index in [9.17, 15) is 8.42 Å². The standard InChI is InChI=1S/C17H31N3O4S/c1-14(2)11-20-15(12-19(3)7-9-23-4)10-18-17(20)25(21,22)13-16-6-5-8-24-16/h10,14,16H,5-9,11-13H2,1-4H3. The Hall–Kier alpha value is -0.960. The van der Waals surface area contributed by atoms with Crippen LogP contribution in [-0.2, 0) is 32.4 Å². The van der Waals surface area contributed by atoms with E-state index in [0.717, 1.165) is 25.1 Å². The van der Waals surface area contributed by atoms with Crippen LogP contribution in [0.25, 0.3) is 0 Å². The van der Waals surface area contributed by atoms with Gasteiger partial charge in [-0.3, -0.25) is 4.90 Å². The van der Waals surface area contributed by atoms with Gasteiger partial charge in [-0.1, -0.05) is 13.8 Å². The number of rotatable bonds is 10. The topological polar surface area (TPSA) is 73.7 Å². The average molecular weight is 374 g/mol. The van der Waals surface area contributed by atoms with Gasteiger partial charge in [0.15, 0.2) is 0 Å². The molecule has 1 saturated heterocycles. The van der Waals surface area contributed by atoms with E-state index >= 15 is 0 Å². The smallest absolute Gasteiger partial charge is 0.227 e. The number of hydrogen-bond donors (Lipinski definition) is 0. The van der Waals surface area contributed by atoms with Crippen LogP contribution < -0.4 is 0 Å². The molecule has 0 aliphatic carbocycles. The summed E-state index contributed by atoms with van der Waals surface area (Å²) in [7, 11) is 0.197. The second kappa shape index (κ2) is 9.12. The number of nitrogens with zero attached hydrogens (tertiary/aromatic N) is 3. The molecule has 1 aromatic rings. The normalized spacial score (nSPS) is 18.6. The third kappa shape index (κ3) is 5.77. The van der Waals surface area contributed by atoms with Crippen molar-refractivity contribution < 1.29 is 17.9 Å². The Balaban J connectivity index is 2.21. The van der Waals surface area contributed by atoms with Crippen LogP contribution in [0.15, 0.2) is 11.4 Å². The predicted octanol–water partition coefficient (Wildman–Crippen LogP) is 1.57. The molecular weight excluding hydrogens is 342 g/mol. The number of ether oxygens (including phenoxy) is 2. The summed E-state index contributed by atoms with van der Waals surface area (Å²) >= 11 is 0. The van der Waals surface area contributed by atoms with Crippen molar-refractivity contribution in [3.05, 3.63) is 11.9 Å². The maximum atomic E-state index is 12.9. The van der Waals surface area contributed by atoms with E-state index in [2.05, 4.69) is 23.7 Å². The van der Waals surface area contributed by atoms with Gasteiger partial charge in [0.25, 0.3) is 0 Å². The van der Waals surface area contributed by atoms with E-state index in [0.29, 0.717) is 32.2 Å². The Kier molecular flexibility index (Phi) is 7.42. The minimum atomic E-state index is -3.47. The molecule has 2 rings (SSSR count). The number of hydrogen-bond acceptors (Lipinski definition) is 6. The van der Waals surface area contributed by atoms with Gasteiger partial charge in [0.2, 0.25) is 15.0 Å². The molecule has 0 amide bonds. The minimum absolute atomic E-state index is 0.0149. The second-order valence-electron chi connectivity index (χ2n) is 7.18. The van der Waals surface area contributed by atoms with Crippen molar-refractivity contribution in [3.8, 4) is 0 Å².